The minimum Gasteiger partial charge on any atom is -0.341 e. The quantitative estimate of drug-likeness (QED) is 0.859. The third-order valence-electron chi connectivity index (χ3n) is 5.14. The van der Waals surface area contributed by atoms with Crippen molar-refractivity contribution in [2.75, 3.05) is 26.2 Å². The number of piperidine rings is 1. The summed E-state index contributed by atoms with van der Waals surface area (Å²) in [5, 5.41) is 6.21. The molecule has 2 aromatic rings. The molecular weight excluding hydrogens is 320 g/mol. The van der Waals surface area contributed by atoms with Crippen LogP contribution in [0.15, 0.2) is 29.6 Å². The monoisotopic (exact) mass is 342 g/mol. The van der Waals surface area contributed by atoms with Crippen molar-refractivity contribution >= 4 is 17.4 Å². The van der Waals surface area contributed by atoms with Crippen LogP contribution in [-0.4, -0.2) is 51.5 Å². The van der Waals surface area contributed by atoms with Crippen LogP contribution < -0.4 is 0 Å². The highest BCUT2D eigenvalue weighted by molar-refractivity contribution is 7.03. The third-order valence-corrected chi connectivity index (χ3v) is 5.66. The molecule has 0 saturated carbocycles. The lowest BCUT2D eigenvalue weighted by molar-refractivity contribution is -0.133. The van der Waals surface area contributed by atoms with Gasteiger partial charge >= 0.3 is 0 Å². The highest BCUT2D eigenvalue weighted by atomic mass is 32.1. The molecular formula is C18H22N4OS. The van der Waals surface area contributed by atoms with Gasteiger partial charge in [-0.2, -0.15) is 0 Å². The van der Waals surface area contributed by atoms with Gasteiger partial charge in [-0.05, 0) is 41.9 Å². The average Bonchev–Trinajstić information content (AvgIpc) is 3.16. The molecule has 2 aliphatic heterocycles. The van der Waals surface area contributed by atoms with Crippen LogP contribution in [0.1, 0.15) is 35.6 Å². The molecule has 126 valence electrons. The van der Waals surface area contributed by atoms with Gasteiger partial charge in [-0.25, -0.2) is 0 Å². The Morgan fingerprint density at radius 2 is 2.12 bits per heavy atom. The predicted molar refractivity (Wildman–Crippen MR) is 93.9 cm³/mol. The van der Waals surface area contributed by atoms with Gasteiger partial charge in [-0.15, -0.1) is 5.10 Å². The Kier molecular flexibility index (Phi) is 4.58. The Morgan fingerprint density at radius 1 is 1.25 bits per heavy atom. The summed E-state index contributed by atoms with van der Waals surface area (Å²) < 4.78 is 3.96. The standard InChI is InChI=1S/C18H22N4OS/c23-18(12-21-9-7-14-4-1-2-5-15(14)10-21)22-8-3-6-16(11-22)17-13-24-20-19-17/h1-2,4-5,13,16H,3,6-12H2. The average molecular weight is 342 g/mol. The highest BCUT2D eigenvalue weighted by Crippen LogP contribution is 2.26. The third kappa shape index (κ3) is 3.35. The summed E-state index contributed by atoms with van der Waals surface area (Å²) in [5.74, 6) is 0.603. The first-order chi connectivity index (χ1) is 11.8. The first kappa shape index (κ1) is 15.7. The Labute approximate surface area is 146 Å². The number of aromatic nitrogens is 2. The molecule has 5 nitrogen and oxygen atoms in total. The van der Waals surface area contributed by atoms with E-state index in [1.54, 1.807) is 0 Å². The lowest BCUT2D eigenvalue weighted by Gasteiger charge is -2.34. The van der Waals surface area contributed by atoms with Crippen LogP contribution in [0, 0.1) is 0 Å². The van der Waals surface area contributed by atoms with Gasteiger partial charge in [0.05, 0.1) is 12.2 Å². The number of fused-ring (bicyclic) bond motifs is 1. The number of rotatable bonds is 3. The minimum absolute atomic E-state index is 0.252. The van der Waals surface area contributed by atoms with E-state index < -0.39 is 0 Å². The smallest absolute Gasteiger partial charge is 0.236 e. The van der Waals surface area contributed by atoms with Gasteiger partial charge in [0.2, 0.25) is 5.91 Å². The molecule has 2 aliphatic rings. The van der Waals surface area contributed by atoms with Crippen molar-refractivity contribution in [3.63, 3.8) is 0 Å². The molecule has 0 spiro atoms. The van der Waals surface area contributed by atoms with E-state index in [-0.39, 0.29) is 5.91 Å². The summed E-state index contributed by atoms with van der Waals surface area (Å²) in [5.41, 5.74) is 3.83. The van der Waals surface area contributed by atoms with Crippen LogP contribution in [0.3, 0.4) is 0 Å². The second kappa shape index (κ2) is 6.99. The molecule has 24 heavy (non-hydrogen) atoms. The second-order valence-corrected chi connectivity index (χ2v) is 7.35. The van der Waals surface area contributed by atoms with Crippen molar-refractivity contribution in [1.82, 2.24) is 19.4 Å². The number of nitrogens with zero attached hydrogens (tertiary/aromatic N) is 4. The number of amides is 1. The zero-order valence-electron chi connectivity index (χ0n) is 13.7. The molecule has 4 rings (SSSR count). The van der Waals surface area contributed by atoms with E-state index in [9.17, 15) is 4.79 Å². The second-order valence-electron chi connectivity index (χ2n) is 6.74. The Morgan fingerprint density at radius 3 is 2.96 bits per heavy atom. The van der Waals surface area contributed by atoms with Gasteiger partial charge in [0.15, 0.2) is 0 Å². The van der Waals surface area contributed by atoms with E-state index >= 15 is 0 Å². The fourth-order valence-electron chi connectivity index (χ4n) is 3.78. The molecule has 1 aromatic carbocycles. The van der Waals surface area contributed by atoms with Crippen molar-refractivity contribution in [2.24, 2.45) is 0 Å². The first-order valence-corrected chi connectivity index (χ1v) is 9.47. The highest BCUT2D eigenvalue weighted by Gasteiger charge is 2.27. The maximum Gasteiger partial charge on any atom is 0.236 e. The Hall–Kier alpha value is -1.79. The molecule has 0 radical (unpaired) electrons. The van der Waals surface area contributed by atoms with Crippen molar-refractivity contribution in [2.45, 2.75) is 31.7 Å². The summed E-state index contributed by atoms with van der Waals surface area (Å²) in [4.78, 5) is 17.0. The van der Waals surface area contributed by atoms with E-state index in [2.05, 4.69) is 38.8 Å². The lowest BCUT2D eigenvalue weighted by Crippen LogP contribution is -2.45. The molecule has 3 heterocycles. The topological polar surface area (TPSA) is 49.3 Å². The van der Waals surface area contributed by atoms with E-state index in [1.807, 2.05) is 10.3 Å². The number of likely N-dealkylation sites (tertiary alicyclic amines) is 1. The maximum atomic E-state index is 12.7. The van der Waals surface area contributed by atoms with Gasteiger partial charge in [0.1, 0.15) is 0 Å². The molecule has 1 atom stereocenters. The van der Waals surface area contributed by atoms with Crippen molar-refractivity contribution in [1.29, 1.82) is 0 Å². The van der Waals surface area contributed by atoms with Gasteiger partial charge in [-0.3, -0.25) is 9.69 Å². The SMILES string of the molecule is O=C(CN1CCc2ccccc2C1)N1CCCC(c2csnn2)C1. The normalized spacial score (nSPS) is 21.5. The molecule has 6 heteroatoms. The Balaban J connectivity index is 1.36. The van der Waals surface area contributed by atoms with Gasteiger partial charge in [-0.1, -0.05) is 28.8 Å². The number of carbonyl (C=O) groups excluding carboxylic acids is 1. The number of carbonyl (C=O) groups is 1. The summed E-state index contributed by atoms with van der Waals surface area (Å²) in [6.45, 7) is 4.04. The summed E-state index contributed by atoms with van der Waals surface area (Å²) in [6, 6.07) is 8.56. The van der Waals surface area contributed by atoms with E-state index in [4.69, 9.17) is 0 Å². The van der Waals surface area contributed by atoms with Gasteiger partial charge in [0, 0.05) is 37.5 Å². The molecule has 1 unspecified atom stereocenters. The van der Waals surface area contributed by atoms with Crippen LogP contribution in [-0.2, 0) is 17.8 Å². The van der Waals surface area contributed by atoms with Crippen molar-refractivity contribution in [3.05, 3.63) is 46.5 Å². The molecule has 1 saturated heterocycles. The van der Waals surface area contributed by atoms with E-state index in [0.29, 0.717) is 12.5 Å². The number of hydrogen-bond acceptors (Lipinski definition) is 5. The van der Waals surface area contributed by atoms with Crippen LogP contribution in [0.2, 0.25) is 0 Å². The molecule has 1 aromatic heterocycles. The fraction of sp³-hybridized carbons (Fsp3) is 0.500. The molecule has 0 aliphatic carbocycles. The van der Waals surface area contributed by atoms with Crippen LogP contribution in [0.25, 0.3) is 0 Å². The fourth-order valence-corrected chi connectivity index (χ4v) is 4.31. The van der Waals surface area contributed by atoms with Crippen molar-refractivity contribution in [3.8, 4) is 0 Å². The summed E-state index contributed by atoms with van der Waals surface area (Å²) in [6.07, 6.45) is 3.19. The summed E-state index contributed by atoms with van der Waals surface area (Å²) in [7, 11) is 0. The lowest BCUT2D eigenvalue weighted by atomic mass is 9.95. The first-order valence-electron chi connectivity index (χ1n) is 8.63. The van der Waals surface area contributed by atoms with E-state index in [0.717, 1.165) is 51.1 Å². The van der Waals surface area contributed by atoms with Crippen LogP contribution >= 0.6 is 11.5 Å². The van der Waals surface area contributed by atoms with Crippen LogP contribution in [0.4, 0.5) is 0 Å². The molecule has 0 bridgehead atoms. The Bertz CT molecular complexity index is 703. The minimum atomic E-state index is 0.252. The van der Waals surface area contributed by atoms with Crippen LogP contribution in [0.5, 0.6) is 0 Å². The largest absolute Gasteiger partial charge is 0.341 e. The molecule has 0 N–H and O–H groups in total. The summed E-state index contributed by atoms with van der Waals surface area (Å²) >= 11 is 1.39. The van der Waals surface area contributed by atoms with Gasteiger partial charge in [0.25, 0.3) is 0 Å². The number of benzene rings is 1. The zero-order valence-corrected chi connectivity index (χ0v) is 14.5. The van der Waals surface area contributed by atoms with E-state index in [1.165, 1.54) is 22.7 Å². The molecule has 1 amide bonds. The predicted octanol–water partition coefficient (Wildman–Crippen LogP) is 2.30. The maximum absolute atomic E-state index is 12.7. The van der Waals surface area contributed by atoms with Crippen molar-refractivity contribution < 1.29 is 4.79 Å². The number of hydrogen-bond donors (Lipinski definition) is 0. The van der Waals surface area contributed by atoms with Gasteiger partial charge < -0.3 is 4.90 Å². The molecule has 1 fully saturated rings. The zero-order chi connectivity index (χ0) is 16.4.